The van der Waals surface area contributed by atoms with Crippen LogP contribution in [0.2, 0.25) is 0 Å². The summed E-state index contributed by atoms with van der Waals surface area (Å²) in [5, 5.41) is 9.90. The Labute approximate surface area is 144 Å². The Kier molecular flexibility index (Phi) is 5.03. The van der Waals surface area contributed by atoms with Crippen molar-refractivity contribution in [2.45, 2.75) is 4.90 Å². The molecule has 0 bridgehead atoms. The maximum Gasteiger partial charge on any atom is 0.270 e. The van der Waals surface area contributed by atoms with E-state index in [-0.39, 0.29) is 21.8 Å². The van der Waals surface area contributed by atoms with Crippen molar-refractivity contribution in [2.24, 2.45) is 0 Å². The minimum absolute atomic E-state index is 0.0280. The highest BCUT2D eigenvalue weighted by Gasteiger charge is 2.20. The lowest BCUT2D eigenvalue weighted by Crippen LogP contribution is -2.15. The summed E-state index contributed by atoms with van der Waals surface area (Å²) in [6, 6.07) is 8.79. The lowest BCUT2D eigenvalue weighted by atomic mass is 10.2. The molecule has 0 saturated carbocycles. The van der Waals surface area contributed by atoms with Gasteiger partial charge in [-0.2, -0.15) is 0 Å². The van der Waals surface area contributed by atoms with Gasteiger partial charge >= 0.3 is 0 Å². The van der Waals surface area contributed by atoms with Crippen molar-refractivity contribution in [1.82, 2.24) is 0 Å². The summed E-state index contributed by atoms with van der Waals surface area (Å²) in [5.74, 6) is 0. The predicted molar refractivity (Wildman–Crippen MR) is 88.2 cm³/mol. The normalized spacial score (nSPS) is 11.0. The zero-order chi connectivity index (χ0) is 17.2. The second kappa shape index (κ2) is 6.65. The maximum atomic E-state index is 12.3. The summed E-state index contributed by atoms with van der Waals surface area (Å²) in [5.41, 5.74) is -0.438. The van der Waals surface area contributed by atoms with Crippen molar-refractivity contribution in [3.05, 3.63) is 62.6 Å². The molecule has 120 valence electrons. The molecule has 0 heterocycles. The number of sulfonamides is 1. The lowest BCUT2D eigenvalue weighted by molar-refractivity contribution is -0.385. The number of halogens is 2. The van der Waals surface area contributed by atoms with Gasteiger partial charge in [-0.3, -0.25) is 19.6 Å². The standard InChI is InChI=1S/C13H8BrClN2O5S/c14-8-4-5-12(11(6-8)13(15)18)16-23(21,22)10-3-1-2-9(7-10)17(19)20/h1-7,16H. The molecule has 0 amide bonds. The van der Waals surface area contributed by atoms with E-state index in [1.54, 1.807) is 0 Å². The number of hydrogen-bond donors (Lipinski definition) is 1. The first-order chi connectivity index (χ1) is 10.7. The van der Waals surface area contributed by atoms with Crippen LogP contribution in [0, 0.1) is 10.1 Å². The molecule has 2 aromatic rings. The second-order valence-corrected chi connectivity index (χ2v) is 7.26. The summed E-state index contributed by atoms with van der Waals surface area (Å²) in [4.78, 5) is 21.1. The molecule has 0 unspecified atom stereocenters. The molecule has 0 saturated heterocycles. The second-order valence-electron chi connectivity index (χ2n) is 4.32. The van der Waals surface area contributed by atoms with E-state index in [1.165, 1.54) is 36.4 Å². The number of hydrogen-bond acceptors (Lipinski definition) is 5. The van der Waals surface area contributed by atoms with Gasteiger partial charge in [0.1, 0.15) is 0 Å². The molecule has 2 rings (SSSR count). The third-order valence-corrected chi connectivity index (χ3v) is 4.84. The molecule has 2 aromatic carbocycles. The van der Waals surface area contributed by atoms with Crippen LogP contribution in [-0.2, 0) is 10.0 Å². The third kappa shape index (κ3) is 4.06. The predicted octanol–water partition coefficient (Wildman–Crippen LogP) is 3.54. The number of nitrogens with one attached hydrogen (secondary N) is 1. The highest BCUT2D eigenvalue weighted by atomic mass is 79.9. The van der Waals surface area contributed by atoms with Gasteiger partial charge in [-0.15, -0.1) is 0 Å². The summed E-state index contributed by atoms with van der Waals surface area (Å²) in [6.45, 7) is 0. The van der Waals surface area contributed by atoms with Crippen LogP contribution in [0.15, 0.2) is 51.8 Å². The fraction of sp³-hybridized carbons (Fsp3) is 0. The van der Waals surface area contributed by atoms with Crippen LogP contribution in [0.1, 0.15) is 10.4 Å². The highest BCUT2D eigenvalue weighted by Crippen LogP contribution is 2.26. The minimum Gasteiger partial charge on any atom is -0.279 e. The van der Waals surface area contributed by atoms with Gasteiger partial charge in [0.05, 0.1) is 21.1 Å². The monoisotopic (exact) mass is 418 g/mol. The summed E-state index contributed by atoms with van der Waals surface area (Å²) < 4.78 is 27.4. The third-order valence-electron chi connectivity index (χ3n) is 2.78. The Hall–Kier alpha value is -1.97. The quantitative estimate of drug-likeness (QED) is 0.453. The topological polar surface area (TPSA) is 106 Å². The van der Waals surface area contributed by atoms with Gasteiger partial charge in [0.15, 0.2) is 0 Å². The number of nitro benzene ring substituents is 1. The van der Waals surface area contributed by atoms with E-state index in [9.17, 15) is 23.3 Å². The van der Waals surface area contributed by atoms with E-state index in [0.717, 1.165) is 6.07 Å². The Balaban J connectivity index is 2.45. The molecule has 0 aliphatic heterocycles. The van der Waals surface area contributed by atoms with Crippen molar-refractivity contribution in [1.29, 1.82) is 0 Å². The number of non-ortho nitro benzene ring substituents is 1. The first-order valence-electron chi connectivity index (χ1n) is 5.97. The number of nitro groups is 1. The number of anilines is 1. The summed E-state index contributed by atoms with van der Waals surface area (Å²) in [7, 11) is -4.12. The van der Waals surface area contributed by atoms with Gasteiger partial charge in [0.25, 0.3) is 21.0 Å². The van der Waals surface area contributed by atoms with Gasteiger partial charge in [0.2, 0.25) is 0 Å². The molecular formula is C13H8BrClN2O5S. The molecule has 0 fully saturated rings. The van der Waals surface area contributed by atoms with Crippen LogP contribution in [0.25, 0.3) is 0 Å². The van der Waals surface area contributed by atoms with E-state index in [2.05, 4.69) is 20.7 Å². The molecule has 10 heteroatoms. The van der Waals surface area contributed by atoms with Crippen LogP contribution in [0.5, 0.6) is 0 Å². The smallest absolute Gasteiger partial charge is 0.270 e. The van der Waals surface area contributed by atoms with Gasteiger partial charge in [-0.05, 0) is 35.9 Å². The lowest BCUT2D eigenvalue weighted by Gasteiger charge is -2.11. The van der Waals surface area contributed by atoms with E-state index in [0.29, 0.717) is 4.47 Å². The number of carbonyl (C=O) groups excluding carboxylic acids is 1. The van der Waals surface area contributed by atoms with E-state index in [1.807, 2.05) is 0 Å². The Morgan fingerprint density at radius 2 is 1.91 bits per heavy atom. The summed E-state index contributed by atoms with van der Waals surface area (Å²) >= 11 is 8.59. The van der Waals surface area contributed by atoms with Crippen LogP contribution in [0.3, 0.4) is 0 Å². The maximum absolute atomic E-state index is 12.3. The Morgan fingerprint density at radius 1 is 1.22 bits per heavy atom. The number of carbonyl (C=O) groups is 1. The first-order valence-corrected chi connectivity index (χ1v) is 8.63. The van der Waals surface area contributed by atoms with Crippen molar-refractivity contribution < 1.29 is 18.1 Å². The minimum atomic E-state index is -4.12. The molecule has 0 radical (unpaired) electrons. The molecule has 0 atom stereocenters. The molecule has 0 spiro atoms. The van der Waals surface area contributed by atoms with Crippen molar-refractivity contribution in [2.75, 3.05) is 4.72 Å². The van der Waals surface area contributed by atoms with Crippen LogP contribution in [0.4, 0.5) is 11.4 Å². The van der Waals surface area contributed by atoms with Gasteiger partial charge in [0, 0.05) is 16.6 Å². The van der Waals surface area contributed by atoms with Gasteiger partial charge in [-0.25, -0.2) is 8.42 Å². The number of benzene rings is 2. The molecule has 1 N–H and O–H groups in total. The summed E-state index contributed by atoms with van der Waals surface area (Å²) in [6.07, 6.45) is 0. The fourth-order valence-electron chi connectivity index (χ4n) is 1.74. The van der Waals surface area contributed by atoms with Crippen molar-refractivity contribution in [3.63, 3.8) is 0 Å². The highest BCUT2D eigenvalue weighted by molar-refractivity contribution is 9.10. The van der Waals surface area contributed by atoms with E-state index >= 15 is 0 Å². The molecule has 0 aliphatic carbocycles. The Bertz CT molecular complexity index is 901. The van der Waals surface area contributed by atoms with Gasteiger partial charge < -0.3 is 0 Å². The van der Waals surface area contributed by atoms with Crippen LogP contribution < -0.4 is 4.72 Å². The molecule has 0 aromatic heterocycles. The van der Waals surface area contributed by atoms with Crippen LogP contribution >= 0.6 is 27.5 Å². The van der Waals surface area contributed by atoms with Crippen molar-refractivity contribution in [3.8, 4) is 0 Å². The average Bonchev–Trinajstić information content (AvgIpc) is 2.48. The van der Waals surface area contributed by atoms with Gasteiger partial charge in [-0.1, -0.05) is 22.0 Å². The van der Waals surface area contributed by atoms with E-state index < -0.39 is 20.2 Å². The molecular weight excluding hydrogens is 412 g/mol. The molecule has 7 nitrogen and oxygen atoms in total. The first kappa shape index (κ1) is 17.4. The van der Waals surface area contributed by atoms with Crippen molar-refractivity contribution >= 4 is 54.2 Å². The molecule has 0 aliphatic rings. The number of nitrogens with zero attached hydrogens (tertiary/aromatic N) is 1. The zero-order valence-electron chi connectivity index (χ0n) is 11.2. The largest absolute Gasteiger partial charge is 0.279 e. The zero-order valence-corrected chi connectivity index (χ0v) is 14.4. The Morgan fingerprint density at radius 3 is 2.52 bits per heavy atom. The van der Waals surface area contributed by atoms with E-state index in [4.69, 9.17) is 11.6 Å². The SMILES string of the molecule is O=C(Cl)c1cc(Br)ccc1NS(=O)(=O)c1cccc([N+](=O)[O-])c1. The molecule has 23 heavy (non-hydrogen) atoms. The average molecular weight is 420 g/mol. The number of rotatable bonds is 5. The van der Waals surface area contributed by atoms with Crippen LogP contribution in [-0.4, -0.2) is 18.6 Å². The fourth-order valence-corrected chi connectivity index (χ4v) is 3.37.